The van der Waals surface area contributed by atoms with Crippen LogP contribution in [-0.4, -0.2) is 37.8 Å². The van der Waals surface area contributed by atoms with Gasteiger partial charge in [-0.2, -0.15) is 0 Å². The molecule has 0 bridgehead atoms. The number of halogens is 1. The van der Waals surface area contributed by atoms with Gasteiger partial charge in [-0.15, -0.1) is 24.0 Å². The van der Waals surface area contributed by atoms with Crippen molar-refractivity contribution in [3.8, 4) is 0 Å². The lowest BCUT2D eigenvalue weighted by Crippen LogP contribution is -2.67. The second-order valence-electron chi connectivity index (χ2n) is 7.13. The fourth-order valence-corrected chi connectivity index (χ4v) is 3.52. The predicted molar refractivity (Wildman–Crippen MR) is 99.4 cm³/mol. The summed E-state index contributed by atoms with van der Waals surface area (Å²) in [6.45, 7) is 13.9. The van der Waals surface area contributed by atoms with E-state index >= 15 is 0 Å². The standard InChI is InChI=1S/C16H31N3O.HI/c1-6-17-15(18-9-7-11(2)3)19-13-12-8-10-20-14(12)16(13,4)5;/h11-14H,6-10H2,1-5H3,(H2,17,18,19);1H. The predicted octanol–water partition coefficient (Wildman–Crippen LogP) is 3.02. The van der Waals surface area contributed by atoms with E-state index in [9.17, 15) is 0 Å². The molecule has 2 N–H and O–H groups in total. The van der Waals surface area contributed by atoms with Gasteiger partial charge in [0.2, 0.25) is 0 Å². The fraction of sp³-hybridized carbons (Fsp3) is 0.938. The van der Waals surface area contributed by atoms with Gasteiger partial charge in [0.1, 0.15) is 0 Å². The number of hydrogen-bond acceptors (Lipinski definition) is 2. The van der Waals surface area contributed by atoms with Gasteiger partial charge in [-0.25, -0.2) is 0 Å². The lowest BCUT2D eigenvalue weighted by Gasteiger charge is -2.54. The van der Waals surface area contributed by atoms with E-state index < -0.39 is 0 Å². The number of ether oxygens (including phenoxy) is 1. The van der Waals surface area contributed by atoms with Gasteiger partial charge in [-0.3, -0.25) is 4.99 Å². The molecule has 0 radical (unpaired) electrons. The molecule has 21 heavy (non-hydrogen) atoms. The van der Waals surface area contributed by atoms with Crippen LogP contribution in [0.4, 0.5) is 0 Å². The highest BCUT2D eigenvalue weighted by atomic mass is 127. The van der Waals surface area contributed by atoms with Crippen LogP contribution in [0.5, 0.6) is 0 Å². The Kier molecular flexibility index (Phi) is 7.24. The fourth-order valence-electron chi connectivity index (χ4n) is 3.52. The van der Waals surface area contributed by atoms with Crippen molar-refractivity contribution in [2.24, 2.45) is 22.2 Å². The maximum atomic E-state index is 5.85. The minimum atomic E-state index is 0. The molecule has 0 amide bonds. The molecule has 1 heterocycles. The zero-order chi connectivity index (χ0) is 14.8. The third-order valence-electron chi connectivity index (χ3n) is 4.71. The smallest absolute Gasteiger partial charge is 0.191 e. The molecule has 124 valence electrons. The average molecular weight is 409 g/mol. The Balaban J connectivity index is 0.00000220. The second-order valence-corrected chi connectivity index (χ2v) is 7.13. The summed E-state index contributed by atoms with van der Waals surface area (Å²) in [5, 5.41) is 7.02. The Bertz CT molecular complexity index is 357. The number of guanidine groups is 1. The first-order chi connectivity index (χ1) is 9.46. The van der Waals surface area contributed by atoms with Crippen molar-refractivity contribution < 1.29 is 4.74 Å². The maximum absolute atomic E-state index is 5.85. The molecule has 1 saturated heterocycles. The van der Waals surface area contributed by atoms with Crippen LogP contribution in [-0.2, 0) is 4.74 Å². The molecular weight excluding hydrogens is 377 g/mol. The first kappa shape index (κ1) is 19.0. The van der Waals surface area contributed by atoms with Crippen LogP contribution in [0.3, 0.4) is 0 Å². The van der Waals surface area contributed by atoms with Gasteiger partial charge in [0.25, 0.3) is 0 Å². The minimum absolute atomic E-state index is 0. The normalized spacial score (nSPS) is 30.4. The molecule has 3 atom stereocenters. The summed E-state index contributed by atoms with van der Waals surface area (Å²) in [5.41, 5.74) is 0.204. The van der Waals surface area contributed by atoms with E-state index in [1.54, 1.807) is 0 Å². The molecule has 2 fully saturated rings. The van der Waals surface area contributed by atoms with Crippen molar-refractivity contribution in [1.82, 2.24) is 10.6 Å². The van der Waals surface area contributed by atoms with E-state index in [4.69, 9.17) is 9.73 Å². The highest BCUT2D eigenvalue weighted by Gasteiger charge is 2.59. The summed E-state index contributed by atoms with van der Waals surface area (Å²) in [6, 6.07) is 0.479. The minimum Gasteiger partial charge on any atom is -0.377 e. The summed E-state index contributed by atoms with van der Waals surface area (Å²) in [6.07, 6.45) is 2.75. The largest absolute Gasteiger partial charge is 0.377 e. The zero-order valence-corrected chi connectivity index (χ0v) is 16.4. The van der Waals surface area contributed by atoms with Crippen LogP contribution in [0.2, 0.25) is 0 Å². The van der Waals surface area contributed by atoms with Crippen LogP contribution in [0, 0.1) is 17.3 Å². The maximum Gasteiger partial charge on any atom is 0.191 e. The van der Waals surface area contributed by atoms with Gasteiger partial charge in [-0.05, 0) is 25.7 Å². The molecule has 1 aliphatic heterocycles. The molecule has 2 aliphatic rings. The van der Waals surface area contributed by atoms with Crippen molar-refractivity contribution in [3.63, 3.8) is 0 Å². The third-order valence-corrected chi connectivity index (χ3v) is 4.71. The van der Waals surface area contributed by atoms with Gasteiger partial charge >= 0.3 is 0 Å². The topological polar surface area (TPSA) is 45.7 Å². The van der Waals surface area contributed by atoms with E-state index in [-0.39, 0.29) is 29.4 Å². The quantitative estimate of drug-likeness (QED) is 0.417. The molecule has 0 spiro atoms. The van der Waals surface area contributed by atoms with E-state index in [1.165, 1.54) is 6.42 Å². The van der Waals surface area contributed by atoms with Crippen LogP contribution < -0.4 is 10.6 Å². The Morgan fingerprint density at radius 3 is 2.71 bits per heavy atom. The number of fused-ring (bicyclic) bond motifs is 1. The Labute approximate surface area is 146 Å². The SMILES string of the molecule is CCNC(=NCCC(C)C)NC1C2CCOC2C1(C)C.I. The van der Waals surface area contributed by atoms with E-state index in [2.05, 4.69) is 45.3 Å². The van der Waals surface area contributed by atoms with Gasteiger partial charge < -0.3 is 15.4 Å². The Hall–Kier alpha value is -0.0400. The molecule has 2 rings (SSSR count). The zero-order valence-electron chi connectivity index (χ0n) is 14.1. The molecule has 4 nitrogen and oxygen atoms in total. The molecule has 0 aromatic heterocycles. The summed E-state index contributed by atoms with van der Waals surface area (Å²) >= 11 is 0. The Morgan fingerprint density at radius 2 is 2.10 bits per heavy atom. The molecular formula is C16H32IN3O. The molecule has 3 unspecified atom stereocenters. The lowest BCUT2D eigenvalue weighted by atomic mass is 9.57. The number of aliphatic imine (C=N–C) groups is 1. The van der Waals surface area contributed by atoms with Crippen molar-refractivity contribution in [1.29, 1.82) is 0 Å². The summed E-state index contributed by atoms with van der Waals surface area (Å²) in [5.74, 6) is 2.32. The van der Waals surface area contributed by atoms with Crippen LogP contribution in [0.1, 0.15) is 47.5 Å². The van der Waals surface area contributed by atoms with Crippen LogP contribution in [0.15, 0.2) is 4.99 Å². The van der Waals surface area contributed by atoms with Crippen molar-refractivity contribution >= 4 is 29.9 Å². The van der Waals surface area contributed by atoms with Crippen molar-refractivity contribution in [3.05, 3.63) is 0 Å². The molecule has 0 aromatic carbocycles. The van der Waals surface area contributed by atoms with E-state index in [1.807, 2.05) is 0 Å². The van der Waals surface area contributed by atoms with Gasteiger partial charge in [0.15, 0.2) is 5.96 Å². The summed E-state index contributed by atoms with van der Waals surface area (Å²) in [7, 11) is 0. The Morgan fingerprint density at radius 1 is 1.38 bits per heavy atom. The third kappa shape index (κ3) is 4.24. The monoisotopic (exact) mass is 409 g/mol. The van der Waals surface area contributed by atoms with Crippen LogP contribution in [0.25, 0.3) is 0 Å². The number of hydrogen-bond donors (Lipinski definition) is 2. The van der Waals surface area contributed by atoms with E-state index in [0.29, 0.717) is 24.0 Å². The highest BCUT2D eigenvalue weighted by molar-refractivity contribution is 14.0. The molecule has 0 aromatic rings. The van der Waals surface area contributed by atoms with Gasteiger partial charge in [0.05, 0.1) is 6.10 Å². The number of nitrogens with zero attached hydrogens (tertiary/aromatic N) is 1. The molecule has 1 aliphatic carbocycles. The van der Waals surface area contributed by atoms with Gasteiger partial charge in [-0.1, -0.05) is 27.7 Å². The lowest BCUT2D eigenvalue weighted by molar-refractivity contribution is -0.106. The number of nitrogens with one attached hydrogen (secondary N) is 2. The summed E-state index contributed by atoms with van der Waals surface area (Å²) < 4.78 is 5.85. The number of rotatable bonds is 5. The average Bonchev–Trinajstić information content (AvgIpc) is 2.82. The first-order valence-corrected chi connectivity index (χ1v) is 8.13. The molecule has 5 heteroatoms. The van der Waals surface area contributed by atoms with Crippen molar-refractivity contribution in [2.45, 2.75) is 59.6 Å². The summed E-state index contributed by atoms with van der Waals surface area (Å²) in [4.78, 5) is 4.71. The highest BCUT2D eigenvalue weighted by Crippen LogP contribution is 2.52. The first-order valence-electron chi connectivity index (χ1n) is 8.13. The van der Waals surface area contributed by atoms with Crippen LogP contribution >= 0.6 is 24.0 Å². The van der Waals surface area contributed by atoms with Crippen molar-refractivity contribution in [2.75, 3.05) is 19.7 Å². The van der Waals surface area contributed by atoms with Gasteiger partial charge in [0, 0.05) is 37.1 Å². The van der Waals surface area contributed by atoms with E-state index in [0.717, 1.165) is 32.1 Å². The second kappa shape index (κ2) is 7.99. The molecule has 1 saturated carbocycles.